The van der Waals surface area contributed by atoms with Crippen molar-refractivity contribution in [3.05, 3.63) is 24.3 Å². The molecule has 0 unspecified atom stereocenters. The van der Waals surface area contributed by atoms with Gasteiger partial charge >= 0.3 is 6.09 Å². The summed E-state index contributed by atoms with van der Waals surface area (Å²) in [6, 6.07) is 7.45. The van der Waals surface area contributed by atoms with Crippen molar-refractivity contribution in [2.75, 3.05) is 31.6 Å². The fourth-order valence-electron chi connectivity index (χ4n) is 2.86. The third kappa shape index (κ3) is 6.40. The van der Waals surface area contributed by atoms with Crippen molar-refractivity contribution in [3.8, 4) is 5.75 Å². The normalized spacial score (nSPS) is 15.9. The van der Waals surface area contributed by atoms with Gasteiger partial charge in [0.1, 0.15) is 11.9 Å². The lowest BCUT2D eigenvalue weighted by atomic mass is 10.1. The summed E-state index contributed by atoms with van der Waals surface area (Å²) in [5.41, 5.74) is 0.706. The highest BCUT2D eigenvalue weighted by Gasteiger charge is 2.21. The van der Waals surface area contributed by atoms with E-state index in [1.54, 1.807) is 0 Å². The van der Waals surface area contributed by atoms with Gasteiger partial charge in [0, 0.05) is 24.8 Å². The summed E-state index contributed by atoms with van der Waals surface area (Å²) in [5, 5.41) is 2.80. The van der Waals surface area contributed by atoms with Crippen LogP contribution in [0.1, 0.15) is 46.0 Å². The fourth-order valence-corrected chi connectivity index (χ4v) is 2.86. The summed E-state index contributed by atoms with van der Waals surface area (Å²) in [6.07, 6.45) is 4.75. The molecule has 0 atom stereocenters. The van der Waals surface area contributed by atoms with E-state index < -0.39 is 0 Å². The number of unbranched alkanes of at least 4 members (excludes halogenated alkanes) is 1. The van der Waals surface area contributed by atoms with E-state index in [1.807, 2.05) is 24.3 Å². The zero-order chi connectivity index (χ0) is 17.2. The quantitative estimate of drug-likeness (QED) is 0.721. The van der Waals surface area contributed by atoms with Crippen LogP contribution in [0.25, 0.3) is 0 Å². The van der Waals surface area contributed by atoms with Gasteiger partial charge in [-0.3, -0.25) is 5.32 Å². The number of likely N-dealkylation sites (tertiary alicyclic amines) is 1. The van der Waals surface area contributed by atoms with Crippen LogP contribution in [0.2, 0.25) is 0 Å². The van der Waals surface area contributed by atoms with Crippen LogP contribution in [0.4, 0.5) is 10.5 Å². The zero-order valence-corrected chi connectivity index (χ0v) is 14.9. The van der Waals surface area contributed by atoms with Crippen LogP contribution in [0, 0.1) is 0 Å². The Kier molecular flexibility index (Phi) is 7.89. The highest BCUT2D eigenvalue weighted by atomic mass is 16.6. The summed E-state index contributed by atoms with van der Waals surface area (Å²) >= 11 is 0. The number of ether oxygens (including phenoxy) is 2. The second kappa shape index (κ2) is 10.2. The molecule has 24 heavy (non-hydrogen) atoms. The van der Waals surface area contributed by atoms with Gasteiger partial charge in [0.25, 0.3) is 0 Å². The molecule has 0 aliphatic carbocycles. The second-order valence-electron chi connectivity index (χ2n) is 6.30. The van der Waals surface area contributed by atoms with Crippen molar-refractivity contribution in [1.29, 1.82) is 0 Å². The molecule has 5 nitrogen and oxygen atoms in total. The molecule has 1 saturated heterocycles. The van der Waals surface area contributed by atoms with E-state index >= 15 is 0 Å². The SMILES string of the molecule is CCCCOc1cccc(NC(=O)OC2CCN(CCC)CC2)c1. The molecule has 1 heterocycles. The predicted molar refractivity (Wildman–Crippen MR) is 96.7 cm³/mol. The van der Waals surface area contributed by atoms with Crippen LogP contribution in [-0.2, 0) is 4.74 Å². The number of rotatable bonds is 8. The van der Waals surface area contributed by atoms with E-state index in [0.29, 0.717) is 12.3 Å². The molecule has 1 N–H and O–H groups in total. The first kappa shape index (κ1) is 18.6. The average Bonchev–Trinajstić information content (AvgIpc) is 2.57. The van der Waals surface area contributed by atoms with Gasteiger partial charge in [-0.05, 0) is 44.4 Å². The molecule has 1 aromatic carbocycles. The average molecular weight is 334 g/mol. The third-order valence-corrected chi connectivity index (χ3v) is 4.20. The molecule has 134 valence electrons. The van der Waals surface area contributed by atoms with Crippen LogP contribution in [0.15, 0.2) is 24.3 Å². The number of carbonyl (C=O) groups excluding carboxylic acids is 1. The molecule has 1 aliphatic rings. The van der Waals surface area contributed by atoms with Crippen molar-refractivity contribution in [1.82, 2.24) is 4.90 Å². The van der Waals surface area contributed by atoms with Crippen LogP contribution in [-0.4, -0.2) is 43.3 Å². The first-order valence-electron chi connectivity index (χ1n) is 9.14. The zero-order valence-electron chi connectivity index (χ0n) is 14.9. The number of nitrogens with zero attached hydrogens (tertiary/aromatic N) is 1. The summed E-state index contributed by atoms with van der Waals surface area (Å²) in [5.74, 6) is 0.772. The lowest BCUT2D eigenvalue weighted by Crippen LogP contribution is -2.38. The molecule has 1 aliphatic heterocycles. The van der Waals surface area contributed by atoms with Gasteiger partial charge in [0.2, 0.25) is 0 Å². The summed E-state index contributed by atoms with van der Waals surface area (Å²) in [7, 11) is 0. The standard InChI is InChI=1S/C19H30N2O3/c1-3-5-14-23-18-8-6-7-16(15-18)20-19(22)24-17-9-12-21(11-4-2)13-10-17/h6-8,15,17H,3-5,9-14H2,1-2H3,(H,20,22). The lowest BCUT2D eigenvalue weighted by molar-refractivity contribution is 0.0590. The van der Waals surface area contributed by atoms with Gasteiger partial charge < -0.3 is 14.4 Å². The Morgan fingerprint density at radius 1 is 1.25 bits per heavy atom. The Hall–Kier alpha value is -1.75. The first-order chi connectivity index (χ1) is 11.7. The summed E-state index contributed by atoms with van der Waals surface area (Å²) in [4.78, 5) is 14.5. The smallest absolute Gasteiger partial charge is 0.411 e. The largest absolute Gasteiger partial charge is 0.494 e. The predicted octanol–water partition coefficient (Wildman–Crippen LogP) is 4.29. The topological polar surface area (TPSA) is 50.8 Å². The van der Waals surface area contributed by atoms with Crippen molar-refractivity contribution < 1.29 is 14.3 Å². The number of hydrogen-bond donors (Lipinski definition) is 1. The van der Waals surface area contributed by atoms with Gasteiger partial charge in [0.15, 0.2) is 0 Å². The Morgan fingerprint density at radius 3 is 2.75 bits per heavy atom. The molecule has 0 radical (unpaired) electrons. The van der Waals surface area contributed by atoms with E-state index in [1.165, 1.54) is 6.42 Å². The molecular weight excluding hydrogens is 304 g/mol. The fraction of sp³-hybridized carbons (Fsp3) is 0.632. The maximum absolute atomic E-state index is 12.1. The number of amides is 1. The molecular formula is C19H30N2O3. The number of benzene rings is 1. The van der Waals surface area contributed by atoms with Crippen molar-refractivity contribution >= 4 is 11.8 Å². The molecule has 5 heteroatoms. The number of carbonyl (C=O) groups is 1. The third-order valence-electron chi connectivity index (χ3n) is 4.20. The van der Waals surface area contributed by atoms with Gasteiger partial charge in [-0.2, -0.15) is 0 Å². The Balaban J connectivity index is 1.75. The molecule has 1 fully saturated rings. The molecule has 1 aromatic rings. The number of anilines is 1. The lowest BCUT2D eigenvalue weighted by Gasteiger charge is -2.31. The molecule has 0 saturated carbocycles. The maximum atomic E-state index is 12.1. The molecule has 1 amide bonds. The minimum Gasteiger partial charge on any atom is -0.494 e. The Morgan fingerprint density at radius 2 is 2.04 bits per heavy atom. The highest BCUT2D eigenvalue weighted by molar-refractivity contribution is 5.84. The monoisotopic (exact) mass is 334 g/mol. The van der Waals surface area contributed by atoms with Crippen molar-refractivity contribution in [2.24, 2.45) is 0 Å². The molecule has 0 bridgehead atoms. The van der Waals surface area contributed by atoms with E-state index in [2.05, 4.69) is 24.1 Å². The van der Waals surface area contributed by atoms with E-state index in [4.69, 9.17) is 9.47 Å². The summed E-state index contributed by atoms with van der Waals surface area (Å²) < 4.78 is 11.2. The Bertz CT molecular complexity index is 499. The van der Waals surface area contributed by atoms with Crippen LogP contribution >= 0.6 is 0 Å². The van der Waals surface area contributed by atoms with Gasteiger partial charge in [-0.25, -0.2) is 4.79 Å². The van der Waals surface area contributed by atoms with Crippen molar-refractivity contribution in [2.45, 2.75) is 52.1 Å². The van der Waals surface area contributed by atoms with Crippen LogP contribution < -0.4 is 10.1 Å². The van der Waals surface area contributed by atoms with Crippen LogP contribution in [0.5, 0.6) is 5.75 Å². The first-order valence-corrected chi connectivity index (χ1v) is 9.14. The number of piperidine rings is 1. The van der Waals surface area contributed by atoms with E-state index in [9.17, 15) is 4.79 Å². The maximum Gasteiger partial charge on any atom is 0.411 e. The minimum absolute atomic E-state index is 0.0158. The van der Waals surface area contributed by atoms with Crippen LogP contribution in [0.3, 0.4) is 0 Å². The van der Waals surface area contributed by atoms with Crippen molar-refractivity contribution in [3.63, 3.8) is 0 Å². The number of nitrogens with one attached hydrogen (secondary N) is 1. The molecule has 0 aromatic heterocycles. The van der Waals surface area contributed by atoms with Gasteiger partial charge in [-0.1, -0.05) is 26.3 Å². The Labute approximate surface area is 145 Å². The minimum atomic E-state index is -0.380. The van der Waals surface area contributed by atoms with Gasteiger partial charge in [-0.15, -0.1) is 0 Å². The number of hydrogen-bond acceptors (Lipinski definition) is 4. The van der Waals surface area contributed by atoms with E-state index in [0.717, 1.165) is 51.1 Å². The van der Waals surface area contributed by atoms with Gasteiger partial charge in [0.05, 0.1) is 6.61 Å². The summed E-state index contributed by atoms with van der Waals surface area (Å²) in [6.45, 7) is 8.16. The van der Waals surface area contributed by atoms with E-state index in [-0.39, 0.29) is 12.2 Å². The second-order valence-corrected chi connectivity index (χ2v) is 6.30. The highest BCUT2D eigenvalue weighted by Crippen LogP contribution is 2.19. The molecule has 0 spiro atoms. The molecule has 2 rings (SSSR count).